The summed E-state index contributed by atoms with van der Waals surface area (Å²) in [6, 6.07) is 28.0. The average Bonchev–Trinajstić information content (AvgIpc) is 3.39. The average molecular weight is 428 g/mol. The highest BCUT2D eigenvalue weighted by Crippen LogP contribution is 2.47. The molecule has 5 aromatic rings. The van der Waals surface area contributed by atoms with E-state index in [1.54, 1.807) is 0 Å². The first kappa shape index (κ1) is 18.8. The second-order valence-electron chi connectivity index (χ2n) is 9.36. The molecule has 2 unspecified atom stereocenters. The van der Waals surface area contributed by atoms with E-state index in [4.69, 9.17) is 4.42 Å². The Kier molecular flexibility index (Phi) is 4.04. The number of furan rings is 1. The molecule has 2 heteroatoms. The lowest BCUT2D eigenvalue weighted by Gasteiger charge is -2.29. The maximum atomic E-state index is 6.46. The Balaban J connectivity index is 1.44. The van der Waals surface area contributed by atoms with E-state index in [-0.39, 0.29) is 0 Å². The first-order valence-corrected chi connectivity index (χ1v) is 11.9. The summed E-state index contributed by atoms with van der Waals surface area (Å²) in [6.45, 7) is 2.38. The van der Waals surface area contributed by atoms with Gasteiger partial charge in [0.25, 0.3) is 0 Å². The lowest BCUT2D eigenvalue weighted by atomic mass is 9.76. The first-order valence-electron chi connectivity index (χ1n) is 11.9. The lowest BCUT2D eigenvalue weighted by molar-refractivity contribution is 0.484. The molecular formula is C31H25NO. The fourth-order valence-corrected chi connectivity index (χ4v) is 5.94. The van der Waals surface area contributed by atoms with Gasteiger partial charge >= 0.3 is 0 Å². The highest BCUT2D eigenvalue weighted by Gasteiger charge is 2.33. The molecule has 2 aromatic heterocycles. The van der Waals surface area contributed by atoms with Gasteiger partial charge in [-0.3, -0.25) is 0 Å². The molecule has 0 saturated heterocycles. The molecule has 7 rings (SSSR count). The van der Waals surface area contributed by atoms with Gasteiger partial charge in [0.2, 0.25) is 0 Å². The second kappa shape index (κ2) is 7.11. The molecule has 3 aromatic carbocycles. The predicted octanol–water partition coefficient (Wildman–Crippen LogP) is 8.15. The van der Waals surface area contributed by atoms with Gasteiger partial charge in [0.05, 0.1) is 5.52 Å². The quantitative estimate of drug-likeness (QED) is 0.278. The van der Waals surface area contributed by atoms with E-state index in [9.17, 15) is 0 Å². The molecule has 0 N–H and O–H groups in total. The van der Waals surface area contributed by atoms with Crippen LogP contribution < -0.4 is 0 Å². The number of fused-ring (bicyclic) bond motifs is 6. The van der Waals surface area contributed by atoms with Crippen LogP contribution in [0, 0.1) is 5.92 Å². The highest BCUT2D eigenvalue weighted by molar-refractivity contribution is 5.94. The van der Waals surface area contributed by atoms with Gasteiger partial charge < -0.3 is 8.98 Å². The van der Waals surface area contributed by atoms with E-state index in [0.29, 0.717) is 11.8 Å². The summed E-state index contributed by atoms with van der Waals surface area (Å²) < 4.78 is 8.92. The SMILES string of the molecule is CC1Cc2c(c3ccccc3n2-c2ccccc2)C=C1C1CC=Cc2c1oc1ccccc21. The number of benzene rings is 3. The molecule has 0 amide bonds. The van der Waals surface area contributed by atoms with Gasteiger partial charge in [-0.2, -0.15) is 0 Å². The minimum atomic E-state index is 0.291. The van der Waals surface area contributed by atoms with E-state index in [0.717, 1.165) is 24.2 Å². The largest absolute Gasteiger partial charge is 0.460 e. The molecule has 2 heterocycles. The van der Waals surface area contributed by atoms with Gasteiger partial charge in [-0.15, -0.1) is 0 Å². The van der Waals surface area contributed by atoms with Crippen molar-refractivity contribution in [2.75, 3.05) is 0 Å². The van der Waals surface area contributed by atoms with Crippen LogP contribution in [-0.2, 0) is 6.42 Å². The van der Waals surface area contributed by atoms with Crippen LogP contribution in [0.1, 0.15) is 41.8 Å². The topological polar surface area (TPSA) is 18.1 Å². The van der Waals surface area contributed by atoms with Crippen molar-refractivity contribution >= 4 is 34.0 Å². The van der Waals surface area contributed by atoms with E-state index in [1.165, 1.54) is 44.4 Å². The molecule has 2 atom stereocenters. The minimum absolute atomic E-state index is 0.291. The van der Waals surface area contributed by atoms with Gasteiger partial charge in [0, 0.05) is 39.2 Å². The van der Waals surface area contributed by atoms with Crippen LogP contribution in [-0.4, -0.2) is 4.57 Å². The summed E-state index contributed by atoms with van der Waals surface area (Å²) in [7, 11) is 0. The minimum Gasteiger partial charge on any atom is -0.460 e. The van der Waals surface area contributed by atoms with Gasteiger partial charge in [0.1, 0.15) is 11.3 Å². The first-order chi connectivity index (χ1) is 16.3. The maximum Gasteiger partial charge on any atom is 0.134 e. The van der Waals surface area contributed by atoms with Gasteiger partial charge in [0.15, 0.2) is 0 Å². The number of hydrogen-bond donors (Lipinski definition) is 0. The van der Waals surface area contributed by atoms with E-state index >= 15 is 0 Å². The number of nitrogens with zero attached hydrogens (tertiary/aromatic N) is 1. The van der Waals surface area contributed by atoms with Crippen LogP contribution in [0.15, 0.2) is 94.9 Å². The monoisotopic (exact) mass is 427 g/mol. The van der Waals surface area contributed by atoms with Crippen LogP contribution in [0.25, 0.3) is 39.7 Å². The Hall–Kier alpha value is -3.78. The Labute approximate surface area is 193 Å². The molecule has 0 spiro atoms. The zero-order valence-electron chi connectivity index (χ0n) is 18.7. The fourth-order valence-electron chi connectivity index (χ4n) is 5.94. The van der Waals surface area contributed by atoms with Crippen molar-refractivity contribution in [1.82, 2.24) is 4.57 Å². The van der Waals surface area contributed by atoms with Crippen molar-refractivity contribution in [3.05, 3.63) is 113 Å². The molecule has 0 fully saturated rings. The van der Waals surface area contributed by atoms with Crippen LogP contribution in [0.5, 0.6) is 0 Å². The molecule has 160 valence electrons. The summed E-state index contributed by atoms with van der Waals surface area (Å²) in [5, 5.41) is 2.55. The van der Waals surface area contributed by atoms with Crippen LogP contribution >= 0.6 is 0 Å². The highest BCUT2D eigenvalue weighted by atomic mass is 16.3. The van der Waals surface area contributed by atoms with Crippen molar-refractivity contribution in [3.8, 4) is 5.69 Å². The Morgan fingerprint density at radius 2 is 1.58 bits per heavy atom. The summed E-state index contributed by atoms with van der Waals surface area (Å²) >= 11 is 0. The second-order valence-corrected chi connectivity index (χ2v) is 9.36. The number of rotatable bonds is 2. The molecule has 0 bridgehead atoms. The van der Waals surface area contributed by atoms with Crippen LogP contribution in [0.4, 0.5) is 0 Å². The van der Waals surface area contributed by atoms with Crippen molar-refractivity contribution in [3.63, 3.8) is 0 Å². The summed E-state index contributed by atoms with van der Waals surface area (Å²) in [4.78, 5) is 0. The molecule has 2 aliphatic rings. The van der Waals surface area contributed by atoms with E-state index < -0.39 is 0 Å². The number of aromatic nitrogens is 1. The zero-order chi connectivity index (χ0) is 21.9. The normalized spacial score (nSPS) is 19.5. The third kappa shape index (κ3) is 2.74. The summed E-state index contributed by atoms with van der Waals surface area (Å²) in [5.74, 6) is 1.87. The van der Waals surface area contributed by atoms with Gasteiger partial charge in [-0.1, -0.05) is 85.3 Å². The predicted molar refractivity (Wildman–Crippen MR) is 137 cm³/mol. The molecule has 33 heavy (non-hydrogen) atoms. The molecule has 0 radical (unpaired) electrons. The summed E-state index contributed by atoms with van der Waals surface area (Å²) in [5.41, 5.74) is 9.04. The van der Waals surface area contributed by atoms with Gasteiger partial charge in [-0.25, -0.2) is 0 Å². The Morgan fingerprint density at radius 3 is 2.45 bits per heavy atom. The smallest absolute Gasteiger partial charge is 0.134 e. The van der Waals surface area contributed by atoms with Crippen LogP contribution in [0.2, 0.25) is 0 Å². The lowest BCUT2D eigenvalue weighted by Crippen LogP contribution is -2.18. The van der Waals surface area contributed by atoms with Crippen molar-refractivity contribution in [2.45, 2.75) is 25.7 Å². The Morgan fingerprint density at radius 1 is 0.818 bits per heavy atom. The summed E-state index contributed by atoms with van der Waals surface area (Å²) in [6.07, 6.45) is 9.08. The zero-order valence-corrected chi connectivity index (χ0v) is 18.7. The maximum absolute atomic E-state index is 6.46. The van der Waals surface area contributed by atoms with E-state index in [1.807, 2.05) is 0 Å². The number of hydrogen-bond acceptors (Lipinski definition) is 1. The molecule has 2 aliphatic carbocycles. The molecule has 0 aliphatic heterocycles. The molecular weight excluding hydrogens is 402 g/mol. The van der Waals surface area contributed by atoms with Crippen molar-refractivity contribution in [1.29, 1.82) is 0 Å². The van der Waals surface area contributed by atoms with Crippen molar-refractivity contribution in [2.24, 2.45) is 5.92 Å². The third-order valence-corrected chi connectivity index (χ3v) is 7.45. The molecule has 0 saturated carbocycles. The molecule has 2 nitrogen and oxygen atoms in total. The standard InChI is InChI=1S/C31H25NO/c1-20-18-29-27(22-12-5-7-16-28(22)32(29)21-10-3-2-4-11-21)19-26(20)25-15-9-14-24-23-13-6-8-17-30(23)33-31(24)25/h2-14,16-17,19-20,25H,15,18H2,1H3. The number of para-hydroxylation sites is 3. The number of allylic oxidation sites excluding steroid dienone is 2. The Bertz CT molecular complexity index is 1580. The van der Waals surface area contributed by atoms with Crippen LogP contribution in [0.3, 0.4) is 0 Å². The third-order valence-electron chi connectivity index (χ3n) is 7.45. The fraction of sp³-hybridized carbons (Fsp3) is 0.161. The van der Waals surface area contributed by atoms with Crippen molar-refractivity contribution < 1.29 is 4.42 Å². The van der Waals surface area contributed by atoms with Gasteiger partial charge in [-0.05, 0) is 43.0 Å². The van der Waals surface area contributed by atoms with E-state index in [2.05, 4.69) is 109 Å².